The van der Waals surface area contributed by atoms with Gasteiger partial charge in [0.1, 0.15) is 0 Å². The van der Waals surface area contributed by atoms with Gasteiger partial charge in [-0.1, -0.05) is 60.2 Å². The number of aryl methyl sites for hydroxylation is 1. The van der Waals surface area contributed by atoms with Gasteiger partial charge in [-0.2, -0.15) is 0 Å². The number of nitrogens with two attached hydrogens (primary N) is 1. The summed E-state index contributed by atoms with van der Waals surface area (Å²) >= 11 is 1.75. The van der Waals surface area contributed by atoms with Crippen molar-refractivity contribution in [3.8, 4) is 21.7 Å². The molecule has 3 aromatic rings. The van der Waals surface area contributed by atoms with Gasteiger partial charge in [0, 0.05) is 12.0 Å². The lowest BCUT2D eigenvalue weighted by atomic mass is 10.1. The van der Waals surface area contributed by atoms with Crippen LogP contribution in [0.1, 0.15) is 10.6 Å². The number of aromatic nitrogens is 1. The van der Waals surface area contributed by atoms with Gasteiger partial charge in [0.2, 0.25) is 0 Å². The maximum absolute atomic E-state index is 5.68. The summed E-state index contributed by atoms with van der Waals surface area (Å²) in [7, 11) is 0. The Balaban J connectivity index is 2.11. The van der Waals surface area contributed by atoms with Gasteiger partial charge in [0.05, 0.1) is 15.6 Å². The Hall–Kier alpha value is -1.97. The normalized spacial score (nSPS) is 10.8. The number of hydrogen-bond donors (Lipinski definition) is 1. The number of hydrogen-bond acceptors (Lipinski definition) is 3. The summed E-state index contributed by atoms with van der Waals surface area (Å²) in [6.07, 6.45) is 0.830. The molecule has 0 unspecified atom stereocenters. The number of benzene rings is 2. The first-order chi connectivity index (χ1) is 10.3. The molecule has 0 aliphatic heterocycles. The van der Waals surface area contributed by atoms with E-state index in [1.54, 1.807) is 11.3 Å². The van der Waals surface area contributed by atoms with Crippen LogP contribution in [0.3, 0.4) is 0 Å². The van der Waals surface area contributed by atoms with Gasteiger partial charge in [-0.25, -0.2) is 4.98 Å². The molecular formula is C18H18N2S. The highest BCUT2D eigenvalue weighted by atomic mass is 32.1. The highest BCUT2D eigenvalue weighted by Crippen LogP contribution is 2.36. The van der Waals surface area contributed by atoms with E-state index < -0.39 is 0 Å². The molecule has 0 radical (unpaired) electrons. The molecule has 1 heterocycles. The minimum atomic E-state index is 0.634. The largest absolute Gasteiger partial charge is 0.330 e. The van der Waals surface area contributed by atoms with Crippen molar-refractivity contribution in [2.75, 3.05) is 6.54 Å². The molecule has 0 aliphatic carbocycles. The first-order valence-corrected chi connectivity index (χ1v) is 7.92. The molecule has 106 valence electrons. The molecule has 2 nitrogen and oxygen atoms in total. The molecule has 0 bridgehead atoms. The second kappa shape index (κ2) is 6.20. The molecule has 3 rings (SSSR count). The first-order valence-electron chi connectivity index (χ1n) is 7.10. The number of nitrogens with zero attached hydrogens (tertiary/aromatic N) is 1. The molecule has 0 spiro atoms. The van der Waals surface area contributed by atoms with Crippen LogP contribution >= 0.6 is 11.3 Å². The predicted molar refractivity (Wildman–Crippen MR) is 90.5 cm³/mol. The van der Waals surface area contributed by atoms with Crippen molar-refractivity contribution in [2.24, 2.45) is 5.73 Å². The van der Waals surface area contributed by atoms with Crippen LogP contribution in [0.5, 0.6) is 0 Å². The summed E-state index contributed by atoms with van der Waals surface area (Å²) < 4.78 is 0. The molecular weight excluding hydrogens is 276 g/mol. The van der Waals surface area contributed by atoms with E-state index in [1.807, 2.05) is 6.07 Å². The van der Waals surface area contributed by atoms with Crippen LogP contribution in [0.25, 0.3) is 21.7 Å². The SMILES string of the molecule is Cc1ccc(-c2nc(CCN)sc2-c2ccccc2)cc1. The molecule has 0 saturated carbocycles. The van der Waals surface area contributed by atoms with E-state index in [4.69, 9.17) is 10.7 Å². The molecule has 0 atom stereocenters. The molecule has 0 saturated heterocycles. The predicted octanol–water partition coefficient (Wildman–Crippen LogP) is 4.29. The third-order valence-electron chi connectivity index (χ3n) is 3.39. The average molecular weight is 294 g/mol. The van der Waals surface area contributed by atoms with Crippen molar-refractivity contribution < 1.29 is 0 Å². The third kappa shape index (κ3) is 3.04. The Labute approximate surface area is 129 Å². The quantitative estimate of drug-likeness (QED) is 0.779. The zero-order valence-electron chi connectivity index (χ0n) is 12.0. The number of rotatable bonds is 4. The molecule has 21 heavy (non-hydrogen) atoms. The smallest absolute Gasteiger partial charge is 0.0951 e. The van der Waals surface area contributed by atoms with Gasteiger partial charge < -0.3 is 5.73 Å². The minimum absolute atomic E-state index is 0.634. The highest BCUT2D eigenvalue weighted by molar-refractivity contribution is 7.15. The van der Waals surface area contributed by atoms with E-state index in [2.05, 4.69) is 55.5 Å². The summed E-state index contributed by atoms with van der Waals surface area (Å²) in [4.78, 5) is 6.04. The summed E-state index contributed by atoms with van der Waals surface area (Å²) in [5.41, 5.74) is 10.4. The van der Waals surface area contributed by atoms with Gasteiger partial charge in [-0.05, 0) is 19.0 Å². The van der Waals surface area contributed by atoms with Crippen LogP contribution in [0.2, 0.25) is 0 Å². The van der Waals surface area contributed by atoms with E-state index >= 15 is 0 Å². The van der Waals surface area contributed by atoms with Crippen molar-refractivity contribution in [1.29, 1.82) is 0 Å². The summed E-state index contributed by atoms with van der Waals surface area (Å²) in [6.45, 7) is 2.73. The topological polar surface area (TPSA) is 38.9 Å². The van der Waals surface area contributed by atoms with Gasteiger partial charge in [0.25, 0.3) is 0 Å². The monoisotopic (exact) mass is 294 g/mol. The van der Waals surface area contributed by atoms with E-state index in [-0.39, 0.29) is 0 Å². The van der Waals surface area contributed by atoms with E-state index in [0.717, 1.165) is 17.1 Å². The lowest BCUT2D eigenvalue weighted by molar-refractivity contribution is 0.954. The molecule has 2 aromatic carbocycles. The van der Waals surface area contributed by atoms with Gasteiger partial charge in [-0.15, -0.1) is 11.3 Å². The Morgan fingerprint density at radius 1 is 0.952 bits per heavy atom. The Bertz CT molecular complexity index is 715. The van der Waals surface area contributed by atoms with Crippen LogP contribution in [-0.2, 0) is 6.42 Å². The van der Waals surface area contributed by atoms with Crippen molar-refractivity contribution >= 4 is 11.3 Å². The van der Waals surface area contributed by atoms with E-state index in [9.17, 15) is 0 Å². The fraction of sp³-hybridized carbons (Fsp3) is 0.167. The zero-order valence-corrected chi connectivity index (χ0v) is 12.9. The Morgan fingerprint density at radius 3 is 2.33 bits per heavy atom. The maximum Gasteiger partial charge on any atom is 0.0951 e. The van der Waals surface area contributed by atoms with Gasteiger partial charge in [0.15, 0.2) is 0 Å². The third-order valence-corrected chi connectivity index (χ3v) is 4.55. The lowest BCUT2D eigenvalue weighted by Crippen LogP contribution is -2.01. The molecule has 1 aromatic heterocycles. The number of thiazole rings is 1. The second-order valence-corrected chi connectivity index (χ2v) is 6.14. The standard InChI is InChI=1S/C18H18N2S/c1-13-7-9-14(10-8-13)17-18(15-5-3-2-4-6-15)21-16(20-17)11-12-19/h2-10H,11-12,19H2,1H3. The van der Waals surface area contributed by atoms with Crippen LogP contribution in [0, 0.1) is 6.92 Å². The zero-order chi connectivity index (χ0) is 14.7. The van der Waals surface area contributed by atoms with Crippen molar-refractivity contribution in [2.45, 2.75) is 13.3 Å². The first kappa shape index (κ1) is 14.0. The summed E-state index contributed by atoms with van der Waals surface area (Å²) in [5, 5.41) is 1.10. The molecule has 3 heteroatoms. The van der Waals surface area contributed by atoms with Gasteiger partial charge >= 0.3 is 0 Å². The fourth-order valence-corrected chi connectivity index (χ4v) is 3.39. The minimum Gasteiger partial charge on any atom is -0.330 e. The van der Waals surface area contributed by atoms with Crippen LogP contribution in [0.4, 0.5) is 0 Å². The molecule has 2 N–H and O–H groups in total. The Morgan fingerprint density at radius 2 is 1.67 bits per heavy atom. The van der Waals surface area contributed by atoms with Gasteiger partial charge in [-0.3, -0.25) is 0 Å². The summed E-state index contributed by atoms with van der Waals surface area (Å²) in [6, 6.07) is 19.0. The molecule has 0 aliphatic rings. The van der Waals surface area contributed by atoms with E-state index in [0.29, 0.717) is 6.54 Å². The van der Waals surface area contributed by atoms with E-state index in [1.165, 1.54) is 21.6 Å². The highest BCUT2D eigenvalue weighted by Gasteiger charge is 2.14. The lowest BCUT2D eigenvalue weighted by Gasteiger charge is -2.03. The summed E-state index contributed by atoms with van der Waals surface area (Å²) in [5.74, 6) is 0. The van der Waals surface area contributed by atoms with Crippen LogP contribution in [0.15, 0.2) is 54.6 Å². The molecule has 0 amide bonds. The molecule has 0 fully saturated rings. The Kier molecular flexibility index (Phi) is 4.13. The maximum atomic E-state index is 5.68. The second-order valence-electron chi connectivity index (χ2n) is 5.06. The van der Waals surface area contributed by atoms with Crippen molar-refractivity contribution in [1.82, 2.24) is 4.98 Å². The van der Waals surface area contributed by atoms with Crippen LogP contribution < -0.4 is 5.73 Å². The fourth-order valence-electron chi connectivity index (χ4n) is 2.29. The van der Waals surface area contributed by atoms with Crippen molar-refractivity contribution in [3.05, 3.63) is 65.2 Å². The average Bonchev–Trinajstić information content (AvgIpc) is 2.93. The van der Waals surface area contributed by atoms with Crippen molar-refractivity contribution in [3.63, 3.8) is 0 Å². The van der Waals surface area contributed by atoms with Crippen LogP contribution in [-0.4, -0.2) is 11.5 Å².